The fraction of sp³-hybridized carbons (Fsp3) is 0.318. The highest BCUT2D eigenvalue weighted by atomic mass is 16.5. The van der Waals surface area contributed by atoms with Gasteiger partial charge in [0, 0.05) is 36.6 Å². The van der Waals surface area contributed by atoms with Gasteiger partial charge >= 0.3 is 0 Å². The van der Waals surface area contributed by atoms with Crippen molar-refractivity contribution >= 4 is 16.9 Å². The summed E-state index contributed by atoms with van der Waals surface area (Å²) in [7, 11) is 1.63. The second kappa shape index (κ2) is 7.45. The van der Waals surface area contributed by atoms with E-state index in [1.165, 1.54) is 5.56 Å². The van der Waals surface area contributed by atoms with Crippen molar-refractivity contribution in [2.24, 2.45) is 0 Å². The molecule has 5 heteroatoms. The van der Waals surface area contributed by atoms with Crippen LogP contribution in [0.2, 0.25) is 0 Å². The minimum atomic E-state index is -0.144. The number of carbonyl (C=O) groups excluding carboxylic acids is 1. The third kappa shape index (κ3) is 3.69. The maximum Gasteiger partial charge on any atom is 0.287 e. The van der Waals surface area contributed by atoms with Gasteiger partial charge in [-0.05, 0) is 37.1 Å². The Kier molecular flexibility index (Phi) is 4.86. The minimum Gasteiger partial charge on any atom is -0.497 e. The van der Waals surface area contributed by atoms with Crippen LogP contribution in [0.25, 0.3) is 11.0 Å². The number of nitrogens with zero attached hydrogens (tertiary/aromatic N) is 1. The van der Waals surface area contributed by atoms with Gasteiger partial charge in [0.25, 0.3) is 5.91 Å². The van der Waals surface area contributed by atoms with E-state index in [1.54, 1.807) is 7.11 Å². The van der Waals surface area contributed by atoms with Crippen LogP contribution in [0.15, 0.2) is 52.9 Å². The second-order valence-electron chi connectivity index (χ2n) is 7.10. The lowest BCUT2D eigenvalue weighted by atomic mass is 10.1. The number of hydrogen-bond donors (Lipinski definition) is 1. The van der Waals surface area contributed by atoms with Crippen molar-refractivity contribution in [3.63, 3.8) is 0 Å². The Morgan fingerprint density at radius 3 is 2.85 bits per heavy atom. The number of likely N-dealkylation sites (tertiary alicyclic amines) is 1. The molecule has 5 nitrogen and oxygen atoms in total. The first kappa shape index (κ1) is 17.6. The Hall–Kier alpha value is -2.79. The molecular weight excluding hydrogens is 340 g/mol. The van der Waals surface area contributed by atoms with Gasteiger partial charge in [0.2, 0.25) is 0 Å². The molecule has 3 aromatic rings. The van der Waals surface area contributed by atoms with Gasteiger partial charge in [-0.15, -0.1) is 0 Å². The molecule has 4 rings (SSSR count). The Balaban J connectivity index is 1.42. The Labute approximate surface area is 158 Å². The van der Waals surface area contributed by atoms with Crippen molar-refractivity contribution in [3.8, 4) is 5.75 Å². The summed E-state index contributed by atoms with van der Waals surface area (Å²) < 4.78 is 11.1. The summed E-state index contributed by atoms with van der Waals surface area (Å²) in [6.07, 6.45) is 0.950. The summed E-state index contributed by atoms with van der Waals surface area (Å²) >= 11 is 0. The molecule has 1 unspecified atom stereocenters. The maximum absolute atomic E-state index is 12.8. The molecule has 0 aliphatic carbocycles. The number of methoxy groups -OCH3 is 1. The van der Waals surface area contributed by atoms with Crippen LogP contribution in [0.3, 0.4) is 0 Å². The smallest absolute Gasteiger partial charge is 0.287 e. The maximum atomic E-state index is 12.8. The average Bonchev–Trinajstić information content (AvgIpc) is 3.26. The summed E-state index contributed by atoms with van der Waals surface area (Å²) in [4.78, 5) is 15.1. The van der Waals surface area contributed by atoms with E-state index >= 15 is 0 Å². The number of hydrogen-bond acceptors (Lipinski definition) is 4. The van der Waals surface area contributed by atoms with E-state index in [0.29, 0.717) is 11.3 Å². The summed E-state index contributed by atoms with van der Waals surface area (Å²) in [6.45, 7) is 4.66. The first-order chi connectivity index (χ1) is 13.1. The van der Waals surface area contributed by atoms with E-state index < -0.39 is 0 Å². The van der Waals surface area contributed by atoms with Gasteiger partial charge in [0.15, 0.2) is 5.76 Å². The van der Waals surface area contributed by atoms with Crippen LogP contribution in [0.4, 0.5) is 0 Å². The van der Waals surface area contributed by atoms with E-state index in [0.717, 1.165) is 42.8 Å². The molecule has 27 heavy (non-hydrogen) atoms. The second-order valence-corrected chi connectivity index (χ2v) is 7.10. The topological polar surface area (TPSA) is 54.7 Å². The zero-order chi connectivity index (χ0) is 18.8. The third-order valence-electron chi connectivity index (χ3n) is 5.21. The van der Waals surface area contributed by atoms with Crippen molar-refractivity contribution in [2.45, 2.75) is 25.9 Å². The molecule has 2 heterocycles. The van der Waals surface area contributed by atoms with E-state index in [-0.39, 0.29) is 11.9 Å². The average molecular weight is 364 g/mol. The van der Waals surface area contributed by atoms with Crippen LogP contribution in [0, 0.1) is 6.92 Å². The predicted octanol–water partition coefficient (Wildman–Crippen LogP) is 3.75. The number of benzene rings is 2. The van der Waals surface area contributed by atoms with Crippen molar-refractivity contribution in [2.75, 3.05) is 20.2 Å². The van der Waals surface area contributed by atoms with Gasteiger partial charge < -0.3 is 14.5 Å². The predicted molar refractivity (Wildman–Crippen MR) is 105 cm³/mol. The minimum absolute atomic E-state index is 0.142. The molecule has 1 aliphatic heterocycles. The van der Waals surface area contributed by atoms with Crippen LogP contribution >= 0.6 is 0 Å². The molecule has 140 valence electrons. The summed E-state index contributed by atoms with van der Waals surface area (Å²) in [5, 5.41) is 4.05. The molecule has 0 bridgehead atoms. The number of nitrogens with one attached hydrogen (secondary N) is 1. The first-order valence-corrected chi connectivity index (χ1v) is 9.28. The van der Waals surface area contributed by atoms with Gasteiger partial charge in [0.1, 0.15) is 11.3 Å². The number of aryl methyl sites for hydroxylation is 1. The largest absolute Gasteiger partial charge is 0.497 e. The number of carbonyl (C=O) groups is 1. The van der Waals surface area contributed by atoms with Crippen molar-refractivity contribution in [1.29, 1.82) is 0 Å². The van der Waals surface area contributed by atoms with Crippen molar-refractivity contribution in [3.05, 3.63) is 65.4 Å². The molecule has 1 aromatic heterocycles. The molecule has 1 fully saturated rings. The van der Waals surface area contributed by atoms with E-state index in [1.807, 2.05) is 31.2 Å². The zero-order valence-electron chi connectivity index (χ0n) is 15.7. The first-order valence-electron chi connectivity index (χ1n) is 9.28. The molecule has 1 N–H and O–H groups in total. The summed E-state index contributed by atoms with van der Waals surface area (Å²) in [6, 6.07) is 16.2. The molecule has 0 radical (unpaired) electrons. The lowest BCUT2D eigenvalue weighted by molar-refractivity contribution is 0.0911. The van der Waals surface area contributed by atoms with Gasteiger partial charge in [-0.1, -0.05) is 30.3 Å². The van der Waals surface area contributed by atoms with Gasteiger partial charge in [-0.25, -0.2) is 0 Å². The molecule has 1 atom stereocenters. The summed E-state index contributed by atoms with van der Waals surface area (Å²) in [5.41, 5.74) is 2.85. The van der Waals surface area contributed by atoms with Crippen molar-refractivity contribution < 1.29 is 13.9 Å². The molecule has 0 spiro atoms. The zero-order valence-corrected chi connectivity index (χ0v) is 15.7. The van der Waals surface area contributed by atoms with Gasteiger partial charge in [0.05, 0.1) is 7.11 Å². The number of ether oxygens (including phenoxy) is 1. The summed E-state index contributed by atoms with van der Waals surface area (Å²) in [5.74, 6) is 1.000. The lowest BCUT2D eigenvalue weighted by Crippen LogP contribution is -2.37. The number of amides is 1. The van der Waals surface area contributed by atoms with E-state index in [2.05, 4.69) is 34.5 Å². The van der Waals surface area contributed by atoms with Crippen LogP contribution < -0.4 is 10.1 Å². The fourth-order valence-electron chi connectivity index (χ4n) is 3.73. The Morgan fingerprint density at radius 1 is 1.26 bits per heavy atom. The fourth-order valence-corrected chi connectivity index (χ4v) is 3.73. The molecule has 1 aliphatic rings. The molecule has 0 saturated carbocycles. The highest BCUT2D eigenvalue weighted by molar-refractivity contribution is 5.99. The van der Waals surface area contributed by atoms with Crippen LogP contribution in [-0.4, -0.2) is 37.0 Å². The standard InChI is InChI=1S/C22H24N2O3/c1-15-19-12-18(26-2)8-9-20(19)27-21(15)22(25)23-17-10-11-24(14-17)13-16-6-4-3-5-7-16/h3-9,12,17H,10-11,13-14H2,1-2H3,(H,23,25). The van der Waals surface area contributed by atoms with Crippen LogP contribution in [0.1, 0.15) is 28.1 Å². The number of rotatable bonds is 5. The molecule has 2 aromatic carbocycles. The quantitative estimate of drug-likeness (QED) is 0.749. The SMILES string of the molecule is COc1ccc2oc(C(=O)NC3CCN(Cc4ccccc4)C3)c(C)c2c1. The molecule has 1 amide bonds. The third-order valence-corrected chi connectivity index (χ3v) is 5.21. The normalized spacial score (nSPS) is 17.3. The molecular formula is C22H24N2O3. The number of furan rings is 1. The van der Waals surface area contributed by atoms with Gasteiger partial charge in [-0.3, -0.25) is 9.69 Å². The Bertz CT molecular complexity index is 949. The van der Waals surface area contributed by atoms with E-state index in [4.69, 9.17) is 9.15 Å². The number of fused-ring (bicyclic) bond motifs is 1. The van der Waals surface area contributed by atoms with Crippen LogP contribution in [-0.2, 0) is 6.54 Å². The van der Waals surface area contributed by atoms with Crippen LogP contribution in [0.5, 0.6) is 5.75 Å². The van der Waals surface area contributed by atoms with Gasteiger partial charge in [-0.2, -0.15) is 0 Å². The highest BCUT2D eigenvalue weighted by Gasteiger charge is 2.26. The highest BCUT2D eigenvalue weighted by Crippen LogP contribution is 2.29. The monoisotopic (exact) mass is 364 g/mol. The lowest BCUT2D eigenvalue weighted by Gasteiger charge is -2.16. The molecule has 1 saturated heterocycles. The van der Waals surface area contributed by atoms with E-state index in [9.17, 15) is 4.79 Å². The van der Waals surface area contributed by atoms with Crippen molar-refractivity contribution in [1.82, 2.24) is 10.2 Å². The Morgan fingerprint density at radius 2 is 2.07 bits per heavy atom.